The molecule has 0 aromatic carbocycles. The lowest BCUT2D eigenvalue weighted by Gasteiger charge is -2.30. The number of rotatable bonds is 9. The van der Waals surface area contributed by atoms with E-state index in [1.807, 2.05) is 6.92 Å². The average Bonchev–Trinajstić information content (AvgIpc) is 2.39. The molecule has 0 amide bonds. The van der Waals surface area contributed by atoms with E-state index in [0.29, 0.717) is 6.61 Å². The minimum Gasteiger partial charge on any atom is -0.463 e. The fraction of sp³-hybridized carbons (Fsp3) is 0.800. The first-order valence-electron chi connectivity index (χ1n) is 7.49. The van der Waals surface area contributed by atoms with Gasteiger partial charge in [-0.25, -0.2) is 4.79 Å². The fourth-order valence-electron chi connectivity index (χ4n) is 2.50. The smallest absolute Gasteiger partial charge is 0.329 e. The number of hydrogen-bond donors (Lipinski definition) is 0. The van der Waals surface area contributed by atoms with Crippen molar-refractivity contribution >= 4 is 14.0 Å². The number of hydrogen-bond acceptors (Lipinski definition) is 2. The molecule has 0 aromatic heterocycles. The average molecular weight is 270 g/mol. The second kappa shape index (κ2) is 9.37. The van der Waals surface area contributed by atoms with Crippen molar-refractivity contribution in [1.29, 1.82) is 0 Å². The van der Waals surface area contributed by atoms with Crippen LogP contribution in [0.3, 0.4) is 0 Å². The molecule has 18 heavy (non-hydrogen) atoms. The summed E-state index contributed by atoms with van der Waals surface area (Å²) in [6.07, 6.45) is 5.53. The summed E-state index contributed by atoms with van der Waals surface area (Å²) in [5.41, 5.74) is 0. The number of carbonyl (C=O) groups is 1. The molecule has 0 aliphatic rings. The Balaban J connectivity index is 5.16. The first-order chi connectivity index (χ1) is 8.61. The molecular formula is C15H30O2Si. The van der Waals surface area contributed by atoms with Gasteiger partial charge in [0.05, 0.1) is 14.7 Å². The molecule has 0 unspecified atom stereocenters. The van der Waals surface area contributed by atoms with Crippen molar-refractivity contribution in [3.63, 3.8) is 0 Å². The van der Waals surface area contributed by atoms with Crippen LogP contribution in [-0.2, 0) is 9.53 Å². The van der Waals surface area contributed by atoms with Crippen LogP contribution in [0.15, 0.2) is 11.3 Å². The Morgan fingerprint density at radius 3 is 2.00 bits per heavy atom. The lowest BCUT2D eigenvalue weighted by molar-refractivity contribution is -0.137. The lowest BCUT2D eigenvalue weighted by Crippen LogP contribution is -2.39. The molecule has 0 N–H and O–H groups in total. The van der Waals surface area contributed by atoms with Crippen LogP contribution in [0.4, 0.5) is 0 Å². The molecular weight excluding hydrogens is 240 g/mol. The zero-order chi connectivity index (χ0) is 14.0. The lowest BCUT2D eigenvalue weighted by atomic mass is 10.2. The number of allylic oxidation sites excluding steroid dienone is 1. The summed E-state index contributed by atoms with van der Waals surface area (Å²) in [5, 5.41) is 1.05. The largest absolute Gasteiger partial charge is 0.463 e. The highest BCUT2D eigenvalue weighted by atomic mass is 28.3. The maximum Gasteiger partial charge on any atom is 0.329 e. The van der Waals surface area contributed by atoms with Gasteiger partial charge in [-0.2, -0.15) is 0 Å². The predicted molar refractivity (Wildman–Crippen MR) is 81.4 cm³/mol. The van der Waals surface area contributed by atoms with Crippen molar-refractivity contribution in [2.45, 2.75) is 72.0 Å². The molecule has 0 saturated carbocycles. The molecule has 0 radical (unpaired) electrons. The first kappa shape index (κ1) is 17.4. The van der Waals surface area contributed by atoms with Crippen molar-refractivity contribution in [3.8, 4) is 0 Å². The zero-order valence-corrected chi connectivity index (χ0v) is 13.8. The van der Waals surface area contributed by atoms with Gasteiger partial charge < -0.3 is 4.74 Å². The SMILES string of the molecule is CCCC/C=C(\C(=O)OCC)[Si](CC)(CC)CC. The first-order valence-corrected chi connectivity index (χ1v) is 10.1. The van der Waals surface area contributed by atoms with Crippen LogP contribution in [0.1, 0.15) is 53.9 Å². The molecule has 106 valence electrons. The fourth-order valence-corrected chi connectivity index (χ4v) is 6.22. The van der Waals surface area contributed by atoms with Gasteiger partial charge in [-0.05, 0) is 13.3 Å². The quantitative estimate of drug-likeness (QED) is 0.262. The van der Waals surface area contributed by atoms with E-state index < -0.39 is 8.07 Å². The molecule has 0 atom stereocenters. The number of esters is 1. The molecule has 0 aliphatic carbocycles. The maximum atomic E-state index is 12.2. The molecule has 0 aliphatic heterocycles. The Labute approximate surface area is 114 Å². The second-order valence-electron chi connectivity index (χ2n) is 4.82. The highest BCUT2D eigenvalue weighted by Gasteiger charge is 2.36. The van der Waals surface area contributed by atoms with Gasteiger partial charge in [0.15, 0.2) is 0 Å². The Kier molecular flexibility index (Phi) is 9.07. The van der Waals surface area contributed by atoms with Crippen LogP contribution < -0.4 is 0 Å². The van der Waals surface area contributed by atoms with Crippen LogP contribution >= 0.6 is 0 Å². The van der Waals surface area contributed by atoms with Gasteiger partial charge >= 0.3 is 5.97 Å². The second-order valence-corrected chi connectivity index (χ2v) is 10.0. The normalized spacial score (nSPS) is 12.6. The topological polar surface area (TPSA) is 26.3 Å². The molecule has 0 bridgehead atoms. The maximum absolute atomic E-state index is 12.2. The van der Waals surface area contributed by atoms with E-state index in [0.717, 1.165) is 36.2 Å². The minimum atomic E-state index is -1.61. The molecule has 0 fully saturated rings. The number of ether oxygens (including phenoxy) is 1. The number of carbonyl (C=O) groups excluding carboxylic acids is 1. The molecule has 0 spiro atoms. The van der Waals surface area contributed by atoms with Crippen LogP contribution in [0.5, 0.6) is 0 Å². The van der Waals surface area contributed by atoms with E-state index in [1.165, 1.54) is 6.42 Å². The Hall–Kier alpha value is -0.573. The van der Waals surface area contributed by atoms with Gasteiger partial charge in [-0.1, -0.05) is 64.7 Å². The number of unbranched alkanes of at least 4 members (excludes halogenated alkanes) is 2. The van der Waals surface area contributed by atoms with Gasteiger partial charge in [0, 0.05) is 5.20 Å². The van der Waals surface area contributed by atoms with Gasteiger partial charge in [0.1, 0.15) is 0 Å². The van der Waals surface area contributed by atoms with E-state index in [1.54, 1.807) is 0 Å². The third kappa shape index (κ3) is 4.60. The van der Waals surface area contributed by atoms with E-state index in [2.05, 4.69) is 33.8 Å². The third-order valence-corrected chi connectivity index (χ3v) is 9.61. The monoisotopic (exact) mass is 270 g/mol. The molecule has 3 heteroatoms. The highest BCUT2D eigenvalue weighted by Crippen LogP contribution is 2.30. The summed E-state index contributed by atoms with van der Waals surface area (Å²) in [6.45, 7) is 11.2. The van der Waals surface area contributed by atoms with Crippen LogP contribution in [0.25, 0.3) is 0 Å². The van der Waals surface area contributed by atoms with Gasteiger partial charge in [0.2, 0.25) is 0 Å². The summed E-state index contributed by atoms with van der Waals surface area (Å²) in [6, 6.07) is 3.41. The van der Waals surface area contributed by atoms with Crippen LogP contribution in [0.2, 0.25) is 18.1 Å². The van der Waals surface area contributed by atoms with E-state index in [9.17, 15) is 4.79 Å². The Bertz CT molecular complexity index is 259. The predicted octanol–water partition coefficient (Wildman–Crippen LogP) is 4.71. The van der Waals surface area contributed by atoms with Gasteiger partial charge in [-0.3, -0.25) is 0 Å². The van der Waals surface area contributed by atoms with Crippen LogP contribution in [-0.4, -0.2) is 20.7 Å². The summed E-state index contributed by atoms with van der Waals surface area (Å²) < 4.78 is 5.27. The molecule has 0 aromatic rings. The summed E-state index contributed by atoms with van der Waals surface area (Å²) in [4.78, 5) is 12.2. The molecule has 0 heterocycles. The van der Waals surface area contributed by atoms with Crippen molar-refractivity contribution in [2.75, 3.05) is 6.61 Å². The summed E-state index contributed by atoms with van der Waals surface area (Å²) in [7, 11) is -1.61. The summed E-state index contributed by atoms with van der Waals surface area (Å²) >= 11 is 0. The van der Waals surface area contributed by atoms with Gasteiger partial charge in [0.25, 0.3) is 0 Å². The minimum absolute atomic E-state index is 0.0502. The summed E-state index contributed by atoms with van der Waals surface area (Å²) in [5.74, 6) is -0.0502. The van der Waals surface area contributed by atoms with E-state index in [4.69, 9.17) is 4.74 Å². The standard InChI is InChI=1S/C15H30O2Si/c1-6-11-12-13-14(15(16)17-7-2)18(8-3,9-4)10-5/h13H,6-12H2,1-5H3/b14-13+. The molecule has 0 rings (SSSR count). The zero-order valence-electron chi connectivity index (χ0n) is 12.8. The Morgan fingerprint density at radius 2 is 1.61 bits per heavy atom. The van der Waals surface area contributed by atoms with Gasteiger partial charge in [-0.15, -0.1) is 0 Å². The Morgan fingerprint density at radius 1 is 1.06 bits per heavy atom. The highest BCUT2D eigenvalue weighted by molar-refractivity contribution is 6.90. The van der Waals surface area contributed by atoms with Crippen molar-refractivity contribution in [2.24, 2.45) is 0 Å². The molecule has 2 nitrogen and oxygen atoms in total. The molecule has 0 saturated heterocycles. The van der Waals surface area contributed by atoms with Crippen molar-refractivity contribution in [1.82, 2.24) is 0 Å². The van der Waals surface area contributed by atoms with Crippen molar-refractivity contribution in [3.05, 3.63) is 11.3 Å². The van der Waals surface area contributed by atoms with Crippen LogP contribution in [0, 0.1) is 0 Å². The third-order valence-electron chi connectivity index (χ3n) is 4.00. The van der Waals surface area contributed by atoms with E-state index in [-0.39, 0.29) is 5.97 Å². The van der Waals surface area contributed by atoms with Crippen molar-refractivity contribution < 1.29 is 9.53 Å². The van der Waals surface area contributed by atoms with E-state index >= 15 is 0 Å².